The second kappa shape index (κ2) is 6.90. The maximum atomic E-state index is 12.5. The van der Waals surface area contributed by atoms with Crippen molar-refractivity contribution in [2.24, 2.45) is 32.5 Å². The predicted octanol–water partition coefficient (Wildman–Crippen LogP) is 8.71. The average molecular weight is 495 g/mol. The maximum absolute atomic E-state index is 12.5. The van der Waals surface area contributed by atoms with Gasteiger partial charge < -0.3 is 10.2 Å². The Kier molecular flexibility index (Phi) is 5.34. The molecular weight excluding hydrogens is 440 g/mol. The molecule has 2 N–H and O–H groups in total. The molecule has 0 amide bonds. The Labute approximate surface area is 222 Å². The molecule has 0 aromatic carbocycles. The van der Waals surface area contributed by atoms with Crippen LogP contribution in [0.3, 0.4) is 0 Å². The highest BCUT2D eigenvalue weighted by atomic mass is 16.3. The lowest BCUT2D eigenvalue weighted by Gasteiger charge is -2.63. The van der Waals surface area contributed by atoms with E-state index in [1.165, 1.54) is 44.6 Å². The number of hydrogen-bond acceptors (Lipinski definition) is 2. The molecule has 0 fully saturated rings. The van der Waals surface area contributed by atoms with Crippen molar-refractivity contribution in [2.75, 3.05) is 0 Å². The quantitative estimate of drug-likeness (QED) is 0.385. The summed E-state index contributed by atoms with van der Waals surface area (Å²) in [7, 11) is 0. The van der Waals surface area contributed by atoms with E-state index < -0.39 is 11.2 Å². The van der Waals surface area contributed by atoms with E-state index in [1.807, 2.05) is 0 Å². The fraction of sp³-hybridized carbons (Fsp3) is 0.765. The van der Waals surface area contributed by atoms with Crippen LogP contribution in [0.15, 0.2) is 44.6 Å². The van der Waals surface area contributed by atoms with E-state index >= 15 is 0 Å². The van der Waals surface area contributed by atoms with Gasteiger partial charge in [-0.3, -0.25) is 0 Å². The molecule has 0 aliphatic heterocycles. The van der Waals surface area contributed by atoms with Gasteiger partial charge in [-0.25, -0.2) is 0 Å². The first-order chi connectivity index (χ1) is 15.9. The summed E-state index contributed by atoms with van der Waals surface area (Å²) in [6.45, 7) is 35.9. The van der Waals surface area contributed by atoms with Crippen LogP contribution in [-0.4, -0.2) is 21.4 Å². The van der Waals surface area contributed by atoms with Gasteiger partial charge in [-0.1, -0.05) is 103 Å². The van der Waals surface area contributed by atoms with Gasteiger partial charge >= 0.3 is 0 Å². The standard InChI is InChI=1S/C34H54O2/c1-19-21(3)31(15)29(19,13)25(23(5)33(31,35)27(7,8)9)17-18-26-24(6)34(36,28(10,11)12)32(16)22(4)20(2)30(26,32)14/h35-36H,17-18H2,1-16H3/t29-,30-,31-,32-,33-,34-/m1/s1. The molecule has 0 aromatic heterocycles. The molecule has 202 valence electrons. The van der Waals surface area contributed by atoms with Crippen LogP contribution in [0.2, 0.25) is 0 Å². The largest absolute Gasteiger partial charge is 0.384 e. The molecule has 0 saturated carbocycles. The zero-order valence-corrected chi connectivity index (χ0v) is 26.3. The van der Waals surface area contributed by atoms with Crippen molar-refractivity contribution in [2.45, 2.75) is 135 Å². The van der Waals surface area contributed by atoms with E-state index in [0.29, 0.717) is 0 Å². The van der Waals surface area contributed by atoms with Crippen LogP contribution in [0.5, 0.6) is 0 Å². The van der Waals surface area contributed by atoms with Crippen molar-refractivity contribution in [3.8, 4) is 0 Å². The Balaban J connectivity index is 1.87. The minimum Gasteiger partial charge on any atom is -0.384 e. The molecule has 0 spiro atoms. The summed E-state index contributed by atoms with van der Waals surface area (Å²) in [5.74, 6) is 0. The lowest BCUT2D eigenvalue weighted by Crippen LogP contribution is -2.63. The third kappa shape index (κ3) is 2.25. The lowest BCUT2D eigenvalue weighted by molar-refractivity contribution is -0.135. The molecule has 4 aliphatic carbocycles. The summed E-state index contributed by atoms with van der Waals surface area (Å²) in [5.41, 5.74) is 7.52. The zero-order chi connectivity index (χ0) is 28.0. The smallest absolute Gasteiger partial charge is 0.101 e. The van der Waals surface area contributed by atoms with Gasteiger partial charge in [0.25, 0.3) is 0 Å². The summed E-state index contributed by atoms with van der Waals surface area (Å²) in [6, 6.07) is 0. The second-order valence-electron chi connectivity index (χ2n) is 15.6. The van der Waals surface area contributed by atoms with Crippen molar-refractivity contribution in [3.63, 3.8) is 0 Å². The van der Waals surface area contributed by atoms with Gasteiger partial charge in [-0.2, -0.15) is 0 Å². The molecule has 0 aromatic rings. The summed E-state index contributed by atoms with van der Waals surface area (Å²) in [4.78, 5) is 0. The van der Waals surface area contributed by atoms with Gasteiger partial charge in [0, 0.05) is 21.7 Å². The van der Waals surface area contributed by atoms with E-state index in [4.69, 9.17) is 0 Å². The first-order valence-electron chi connectivity index (χ1n) is 14.2. The average Bonchev–Trinajstić information content (AvgIpc) is 2.98. The Hall–Kier alpha value is -1.12. The fourth-order valence-electron chi connectivity index (χ4n) is 10.9. The van der Waals surface area contributed by atoms with E-state index in [9.17, 15) is 10.2 Å². The maximum Gasteiger partial charge on any atom is 0.101 e. The van der Waals surface area contributed by atoms with Crippen molar-refractivity contribution >= 4 is 0 Å². The summed E-state index contributed by atoms with van der Waals surface area (Å²) >= 11 is 0. The van der Waals surface area contributed by atoms with Crippen molar-refractivity contribution in [3.05, 3.63) is 44.6 Å². The van der Waals surface area contributed by atoms with E-state index in [1.54, 1.807) is 0 Å². The highest BCUT2D eigenvalue weighted by Gasteiger charge is 2.76. The third-order valence-electron chi connectivity index (χ3n) is 13.6. The van der Waals surface area contributed by atoms with Crippen LogP contribution in [0.25, 0.3) is 0 Å². The Morgan fingerprint density at radius 1 is 0.472 bits per heavy atom. The molecular formula is C34H54O2. The number of rotatable bonds is 3. The van der Waals surface area contributed by atoms with Gasteiger partial charge in [-0.05, 0) is 76.4 Å². The summed E-state index contributed by atoms with van der Waals surface area (Å²) in [6.07, 6.45) is 1.84. The first kappa shape index (κ1) is 27.9. The van der Waals surface area contributed by atoms with Gasteiger partial charge in [0.05, 0.1) is 0 Å². The van der Waals surface area contributed by atoms with Crippen LogP contribution in [-0.2, 0) is 0 Å². The molecule has 2 nitrogen and oxygen atoms in total. The number of fused-ring (bicyclic) bond motifs is 2. The predicted molar refractivity (Wildman–Crippen MR) is 153 cm³/mol. The van der Waals surface area contributed by atoms with Crippen LogP contribution in [0.4, 0.5) is 0 Å². The monoisotopic (exact) mass is 494 g/mol. The topological polar surface area (TPSA) is 40.5 Å². The molecule has 0 radical (unpaired) electrons. The highest BCUT2D eigenvalue weighted by Crippen LogP contribution is 2.79. The van der Waals surface area contributed by atoms with E-state index in [-0.39, 0.29) is 32.5 Å². The lowest BCUT2D eigenvalue weighted by atomic mass is 9.41. The van der Waals surface area contributed by atoms with Gasteiger partial charge in [-0.15, -0.1) is 0 Å². The Bertz CT molecular complexity index is 1100. The number of allylic oxidation sites excluding steroid dienone is 4. The SMILES string of the molecule is CC1=C(C)[C@]2(C)[C@@]1(C)C(CCC1=C(C)[C@@](O)(C(C)(C)C)[C@]3(C)C(C)=C(C)[C@]13C)=C(C)[C@@]2(O)C(C)(C)C. The highest BCUT2D eigenvalue weighted by molar-refractivity contribution is 5.63. The minimum atomic E-state index is -0.889. The van der Waals surface area contributed by atoms with Crippen LogP contribution in [0.1, 0.15) is 124 Å². The first-order valence-corrected chi connectivity index (χ1v) is 14.2. The molecule has 0 heterocycles. The van der Waals surface area contributed by atoms with Crippen LogP contribution < -0.4 is 0 Å². The molecule has 36 heavy (non-hydrogen) atoms. The van der Waals surface area contributed by atoms with Crippen molar-refractivity contribution in [1.82, 2.24) is 0 Å². The van der Waals surface area contributed by atoms with Crippen molar-refractivity contribution < 1.29 is 10.2 Å². The molecule has 0 bridgehead atoms. The van der Waals surface area contributed by atoms with Gasteiger partial charge in [0.2, 0.25) is 0 Å². The summed E-state index contributed by atoms with van der Waals surface area (Å²) < 4.78 is 0. The third-order valence-corrected chi connectivity index (χ3v) is 13.6. The molecule has 0 saturated heterocycles. The normalized spacial score (nSPS) is 44.8. The van der Waals surface area contributed by atoms with Crippen molar-refractivity contribution in [1.29, 1.82) is 0 Å². The number of aliphatic hydroxyl groups is 2. The Morgan fingerprint density at radius 2 is 0.722 bits per heavy atom. The molecule has 0 unspecified atom stereocenters. The van der Waals surface area contributed by atoms with Crippen LogP contribution in [0, 0.1) is 32.5 Å². The Morgan fingerprint density at radius 3 is 0.944 bits per heavy atom. The zero-order valence-electron chi connectivity index (χ0n) is 26.3. The fourth-order valence-corrected chi connectivity index (χ4v) is 10.9. The van der Waals surface area contributed by atoms with Gasteiger partial charge in [0.1, 0.15) is 11.2 Å². The van der Waals surface area contributed by atoms with E-state index in [0.717, 1.165) is 12.8 Å². The molecule has 2 heteroatoms. The number of hydrogen-bond donors (Lipinski definition) is 2. The van der Waals surface area contributed by atoms with Crippen LogP contribution >= 0.6 is 0 Å². The van der Waals surface area contributed by atoms with E-state index in [2.05, 4.69) is 111 Å². The molecule has 6 atom stereocenters. The van der Waals surface area contributed by atoms with Gasteiger partial charge in [0.15, 0.2) is 0 Å². The summed E-state index contributed by atoms with van der Waals surface area (Å²) in [5, 5.41) is 25.1. The second-order valence-corrected chi connectivity index (χ2v) is 15.6. The molecule has 4 rings (SSSR count). The minimum absolute atomic E-state index is 0.138. The molecule has 4 aliphatic rings.